The molecule has 1 heterocycles. The molecule has 0 fully saturated rings. The molecule has 0 aliphatic rings. The number of pyridine rings is 1. The number of ether oxygens (including phenoxy) is 1. The summed E-state index contributed by atoms with van der Waals surface area (Å²) in [7, 11) is 0. The summed E-state index contributed by atoms with van der Waals surface area (Å²) in [6, 6.07) is 3.72. The van der Waals surface area contributed by atoms with Crippen molar-refractivity contribution in [3.63, 3.8) is 0 Å². The third-order valence-electron chi connectivity index (χ3n) is 2.94. The van der Waals surface area contributed by atoms with Gasteiger partial charge in [-0.3, -0.25) is 9.78 Å². The topological polar surface area (TPSA) is 77.2 Å². The van der Waals surface area contributed by atoms with E-state index in [9.17, 15) is 4.79 Å². The van der Waals surface area contributed by atoms with Crippen molar-refractivity contribution in [3.8, 4) is 5.75 Å². The first-order chi connectivity index (χ1) is 9.79. The quantitative estimate of drug-likeness (QED) is 0.804. The Kier molecular flexibility index (Phi) is 6.62. The largest absolute Gasteiger partial charge is 0.479 e. The highest BCUT2D eigenvalue weighted by Gasteiger charge is 2.17. The van der Waals surface area contributed by atoms with Crippen LogP contribution in [-0.4, -0.2) is 29.6 Å². The molecule has 1 aromatic rings. The van der Waals surface area contributed by atoms with Crippen molar-refractivity contribution in [1.82, 2.24) is 10.3 Å². The lowest BCUT2D eigenvalue weighted by Gasteiger charge is -2.18. The number of rotatable bonds is 7. The molecule has 2 atom stereocenters. The van der Waals surface area contributed by atoms with Crippen molar-refractivity contribution in [2.24, 2.45) is 11.7 Å². The third kappa shape index (κ3) is 6.12. The average molecular weight is 293 g/mol. The minimum Gasteiger partial charge on any atom is -0.479 e. The van der Waals surface area contributed by atoms with Crippen LogP contribution in [0.3, 0.4) is 0 Å². The predicted molar refractivity (Wildman–Crippen MR) is 84.3 cm³/mol. The van der Waals surface area contributed by atoms with Gasteiger partial charge in [-0.15, -0.1) is 0 Å². The smallest absolute Gasteiger partial charge is 0.260 e. The van der Waals surface area contributed by atoms with Crippen molar-refractivity contribution in [3.05, 3.63) is 23.5 Å². The fraction of sp³-hybridized carbons (Fsp3) is 0.625. The number of carbonyl (C=O) groups excluding carboxylic acids is 1. The van der Waals surface area contributed by atoms with E-state index in [0.717, 1.165) is 11.4 Å². The van der Waals surface area contributed by atoms with Crippen molar-refractivity contribution in [2.45, 2.75) is 53.2 Å². The molecule has 0 spiro atoms. The Morgan fingerprint density at radius 2 is 2.00 bits per heavy atom. The van der Waals surface area contributed by atoms with Gasteiger partial charge in [0.2, 0.25) is 0 Å². The van der Waals surface area contributed by atoms with Crippen molar-refractivity contribution in [1.29, 1.82) is 0 Å². The Balaban J connectivity index is 2.74. The molecular weight excluding hydrogens is 266 g/mol. The second-order valence-corrected chi connectivity index (χ2v) is 5.98. The maximum atomic E-state index is 12.0. The lowest BCUT2D eigenvalue weighted by Crippen LogP contribution is -2.38. The molecule has 0 aliphatic heterocycles. The molecule has 1 amide bonds. The molecule has 0 saturated heterocycles. The zero-order valence-electron chi connectivity index (χ0n) is 13.6. The fourth-order valence-electron chi connectivity index (χ4n) is 1.85. The van der Waals surface area contributed by atoms with Crippen LogP contribution in [0.25, 0.3) is 0 Å². The van der Waals surface area contributed by atoms with E-state index in [0.29, 0.717) is 24.6 Å². The number of aromatic nitrogens is 1. The number of carbonyl (C=O) groups is 1. The SMILES string of the molecule is Cc1ccc(OC(C)C(=O)NCC(C)C)c(CC(C)N)n1. The van der Waals surface area contributed by atoms with Gasteiger partial charge in [-0.1, -0.05) is 13.8 Å². The van der Waals surface area contributed by atoms with Gasteiger partial charge in [-0.2, -0.15) is 0 Å². The molecule has 0 saturated carbocycles. The van der Waals surface area contributed by atoms with Gasteiger partial charge in [0.05, 0.1) is 5.69 Å². The minimum absolute atomic E-state index is 0.00766. The Hall–Kier alpha value is -1.62. The normalized spacial score (nSPS) is 13.9. The van der Waals surface area contributed by atoms with Crippen LogP contribution < -0.4 is 15.8 Å². The van der Waals surface area contributed by atoms with Gasteiger partial charge in [0.1, 0.15) is 5.75 Å². The Morgan fingerprint density at radius 3 is 2.57 bits per heavy atom. The molecule has 0 aliphatic carbocycles. The number of nitrogens with two attached hydrogens (primary N) is 1. The summed E-state index contributed by atoms with van der Waals surface area (Å²) in [6.07, 6.45) is 0.0669. The van der Waals surface area contributed by atoms with Gasteiger partial charge >= 0.3 is 0 Å². The molecule has 5 heteroatoms. The molecule has 3 N–H and O–H groups in total. The van der Waals surface area contributed by atoms with Gasteiger partial charge in [0.15, 0.2) is 6.10 Å². The zero-order chi connectivity index (χ0) is 16.0. The van der Waals surface area contributed by atoms with Crippen LogP contribution in [-0.2, 0) is 11.2 Å². The van der Waals surface area contributed by atoms with E-state index >= 15 is 0 Å². The third-order valence-corrected chi connectivity index (χ3v) is 2.94. The Bertz CT molecular complexity index is 473. The number of nitrogens with zero attached hydrogens (tertiary/aromatic N) is 1. The van der Waals surface area contributed by atoms with Crippen LogP contribution in [0.4, 0.5) is 0 Å². The van der Waals surface area contributed by atoms with Crippen LogP contribution in [0.5, 0.6) is 5.75 Å². The van der Waals surface area contributed by atoms with Crippen LogP contribution in [0, 0.1) is 12.8 Å². The van der Waals surface area contributed by atoms with Crippen molar-refractivity contribution in [2.75, 3.05) is 6.54 Å². The molecule has 1 rings (SSSR count). The Morgan fingerprint density at radius 1 is 1.33 bits per heavy atom. The van der Waals surface area contributed by atoms with E-state index < -0.39 is 6.10 Å². The molecule has 0 radical (unpaired) electrons. The highest BCUT2D eigenvalue weighted by atomic mass is 16.5. The molecule has 5 nitrogen and oxygen atoms in total. The van der Waals surface area contributed by atoms with Crippen LogP contribution in [0.15, 0.2) is 12.1 Å². The average Bonchev–Trinajstić information content (AvgIpc) is 2.38. The van der Waals surface area contributed by atoms with E-state index in [2.05, 4.69) is 24.1 Å². The second-order valence-electron chi connectivity index (χ2n) is 5.98. The first-order valence-electron chi connectivity index (χ1n) is 7.46. The van der Waals surface area contributed by atoms with Crippen LogP contribution >= 0.6 is 0 Å². The van der Waals surface area contributed by atoms with Gasteiger partial charge in [-0.25, -0.2) is 0 Å². The summed E-state index contributed by atoms with van der Waals surface area (Å²) in [5.41, 5.74) is 7.55. The lowest BCUT2D eigenvalue weighted by atomic mass is 10.1. The van der Waals surface area contributed by atoms with Gasteiger partial charge < -0.3 is 15.8 Å². The monoisotopic (exact) mass is 293 g/mol. The highest BCUT2D eigenvalue weighted by Crippen LogP contribution is 2.19. The standard InChI is InChI=1S/C16H27N3O2/c1-10(2)9-18-16(20)13(5)21-15-7-6-12(4)19-14(15)8-11(3)17/h6-7,10-11,13H,8-9,17H2,1-5H3,(H,18,20). The highest BCUT2D eigenvalue weighted by molar-refractivity contribution is 5.80. The van der Waals surface area contributed by atoms with E-state index in [4.69, 9.17) is 10.5 Å². The van der Waals surface area contributed by atoms with Crippen LogP contribution in [0.1, 0.15) is 39.1 Å². The second kappa shape index (κ2) is 7.98. The number of hydrogen-bond donors (Lipinski definition) is 2. The molecule has 21 heavy (non-hydrogen) atoms. The molecule has 1 aromatic heterocycles. The molecular formula is C16H27N3O2. The minimum atomic E-state index is -0.555. The van der Waals surface area contributed by atoms with E-state index in [1.807, 2.05) is 26.0 Å². The lowest BCUT2D eigenvalue weighted by molar-refractivity contribution is -0.127. The summed E-state index contributed by atoms with van der Waals surface area (Å²) < 4.78 is 5.77. The van der Waals surface area contributed by atoms with E-state index in [-0.39, 0.29) is 11.9 Å². The Labute approximate surface area is 127 Å². The predicted octanol–water partition coefficient (Wildman–Crippen LogP) is 1.82. The van der Waals surface area contributed by atoms with Gasteiger partial charge in [0, 0.05) is 24.7 Å². The summed E-state index contributed by atoms with van der Waals surface area (Å²) in [4.78, 5) is 16.4. The zero-order valence-corrected chi connectivity index (χ0v) is 13.6. The molecule has 2 unspecified atom stereocenters. The summed E-state index contributed by atoms with van der Waals surface area (Å²) in [5.74, 6) is 0.928. The summed E-state index contributed by atoms with van der Waals surface area (Å²) in [6.45, 7) is 10.3. The van der Waals surface area contributed by atoms with E-state index in [1.54, 1.807) is 6.92 Å². The number of hydrogen-bond acceptors (Lipinski definition) is 4. The summed E-state index contributed by atoms with van der Waals surface area (Å²) in [5, 5.41) is 2.86. The van der Waals surface area contributed by atoms with E-state index in [1.165, 1.54) is 0 Å². The fourth-order valence-corrected chi connectivity index (χ4v) is 1.85. The van der Waals surface area contributed by atoms with Crippen molar-refractivity contribution >= 4 is 5.91 Å². The number of aryl methyl sites for hydroxylation is 1. The number of amides is 1. The maximum absolute atomic E-state index is 12.0. The van der Waals surface area contributed by atoms with Gasteiger partial charge in [-0.05, 0) is 38.8 Å². The first-order valence-corrected chi connectivity index (χ1v) is 7.46. The number of nitrogens with one attached hydrogen (secondary N) is 1. The molecule has 0 aromatic carbocycles. The molecule has 0 bridgehead atoms. The van der Waals surface area contributed by atoms with Crippen LogP contribution in [0.2, 0.25) is 0 Å². The van der Waals surface area contributed by atoms with Crippen molar-refractivity contribution < 1.29 is 9.53 Å². The maximum Gasteiger partial charge on any atom is 0.260 e. The molecule has 118 valence electrons. The summed E-state index contributed by atoms with van der Waals surface area (Å²) >= 11 is 0. The first kappa shape index (κ1) is 17.4. The van der Waals surface area contributed by atoms with Gasteiger partial charge in [0.25, 0.3) is 5.91 Å².